The number of hydrogen-bond acceptors (Lipinski definition) is 7. The van der Waals surface area contributed by atoms with Crippen LogP contribution in [-0.4, -0.2) is 25.4 Å². The molecule has 1 aliphatic heterocycles. The molecule has 0 saturated heterocycles. The van der Waals surface area contributed by atoms with E-state index in [1.807, 2.05) is 13.8 Å². The fraction of sp³-hybridized carbons (Fsp3) is 0.296. The number of hydrogen-bond donors (Lipinski definition) is 2. The molecule has 1 aliphatic carbocycles. The summed E-state index contributed by atoms with van der Waals surface area (Å²) in [6.07, 6.45) is 0.898. The van der Waals surface area contributed by atoms with Crippen LogP contribution in [-0.2, 0) is 14.3 Å². The van der Waals surface area contributed by atoms with Crippen molar-refractivity contribution in [2.24, 2.45) is 11.1 Å². The van der Waals surface area contributed by atoms with Gasteiger partial charge in [-0.15, -0.1) is 0 Å². The highest BCUT2D eigenvalue weighted by Gasteiger charge is 2.43. The van der Waals surface area contributed by atoms with Gasteiger partial charge in [-0.2, -0.15) is 5.26 Å². The number of nitriles is 1. The van der Waals surface area contributed by atoms with Crippen molar-refractivity contribution < 1.29 is 23.8 Å². The lowest BCUT2D eigenvalue weighted by Gasteiger charge is -2.37. The maximum absolute atomic E-state index is 13.1. The lowest BCUT2D eigenvalue weighted by atomic mass is 9.70. The van der Waals surface area contributed by atoms with Crippen LogP contribution in [0.4, 0.5) is 5.69 Å². The summed E-state index contributed by atoms with van der Waals surface area (Å²) in [6, 6.07) is 16.1. The highest BCUT2D eigenvalue weighted by molar-refractivity contribution is 6.00. The second-order valence-electron chi connectivity index (χ2n) is 9.34. The third-order valence-electron chi connectivity index (χ3n) is 5.99. The molecule has 8 heteroatoms. The molecule has 2 aromatic carbocycles. The van der Waals surface area contributed by atoms with Crippen molar-refractivity contribution in [1.82, 2.24) is 0 Å². The summed E-state index contributed by atoms with van der Waals surface area (Å²) >= 11 is 0. The number of benzene rings is 2. The number of ketones is 1. The van der Waals surface area contributed by atoms with Gasteiger partial charge in [0.25, 0.3) is 5.91 Å². The number of anilines is 1. The Morgan fingerprint density at radius 2 is 1.94 bits per heavy atom. The van der Waals surface area contributed by atoms with E-state index in [-0.39, 0.29) is 35.2 Å². The smallest absolute Gasteiger partial charge is 0.262 e. The van der Waals surface area contributed by atoms with Crippen molar-refractivity contribution >= 4 is 17.4 Å². The van der Waals surface area contributed by atoms with Crippen LogP contribution in [0.15, 0.2) is 71.3 Å². The molecule has 0 fully saturated rings. The summed E-state index contributed by atoms with van der Waals surface area (Å²) < 4.78 is 16.6. The average Bonchev–Trinajstić information content (AvgIpc) is 2.81. The van der Waals surface area contributed by atoms with E-state index in [4.69, 9.17) is 19.9 Å². The van der Waals surface area contributed by atoms with Crippen molar-refractivity contribution in [3.05, 3.63) is 76.9 Å². The molecule has 3 N–H and O–H groups in total. The van der Waals surface area contributed by atoms with E-state index in [9.17, 15) is 14.9 Å². The molecular weight excluding hydrogens is 446 g/mol. The molecule has 0 saturated carbocycles. The average molecular weight is 474 g/mol. The SMILES string of the molecule is COc1cccc(NC(=O)COc2cccc(C3C(C#N)=C(N)OC4=C3C(=O)CC(C)(C)C4)c2)c1. The number of carbonyl (C=O) groups excluding carboxylic acids is 2. The van der Waals surface area contributed by atoms with E-state index >= 15 is 0 Å². The number of nitrogens with one attached hydrogen (secondary N) is 1. The number of carbonyl (C=O) groups is 2. The Kier molecular flexibility index (Phi) is 6.52. The molecule has 1 unspecified atom stereocenters. The number of rotatable bonds is 6. The molecule has 180 valence electrons. The standard InChI is InChI=1S/C27H27N3O5/c1-27(2)12-21(31)25-22(13-27)35-26(29)20(14-28)24(25)16-6-4-9-19(10-16)34-15-23(32)30-17-7-5-8-18(11-17)33-3/h4-11,24H,12-13,15,29H2,1-3H3,(H,30,32). The van der Waals surface area contributed by atoms with Crippen LogP contribution >= 0.6 is 0 Å². The van der Waals surface area contributed by atoms with Crippen LogP contribution in [0.25, 0.3) is 0 Å². The fourth-order valence-corrected chi connectivity index (χ4v) is 4.45. The van der Waals surface area contributed by atoms with Crippen molar-refractivity contribution in [2.45, 2.75) is 32.6 Å². The minimum absolute atomic E-state index is 0.00531. The van der Waals surface area contributed by atoms with Crippen LogP contribution < -0.4 is 20.5 Å². The number of nitrogens with zero attached hydrogens (tertiary/aromatic N) is 1. The molecule has 1 amide bonds. The zero-order chi connectivity index (χ0) is 25.2. The van der Waals surface area contributed by atoms with Gasteiger partial charge in [-0.05, 0) is 35.2 Å². The van der Waals surface area contributed by atoms with Gasteiger partial charge in [-0.3, -0.25) is 9.59 Å². The monoisotopic (exact) mass is 473 g/mol. The van der Waals surface area contributed by atoms with Crippen molar-refractivity contribution in [3.63, 3.8) is 0 Å². The number of methoxy groups -OCH3 is 1. The first-order valence-electron chi connectivity index (χ1n) is 11.2. The molecule has 0 bridgehead atoms. The molecule has 2 aliphatic rings. The van der Waals surface area contributed by atoms with Gasteiger partial charge < -0.3 is 25.3 Å². The molecule has 35 heavy (non-hydrogen) atoms. The first kappa shape index (κ1) is 23.9. The van der Waals surface area contributed by atoms with Crippen LogP contribution in [0.5, 0.6) is 11.5 Å². The lowest BCUT2D eigenvalue weighted by Crippen LogP contribution is -2.33. The second-order valence-corrected chi connectivity index (χ2v) is 9.34. The molecular formula is C27H27N3O5. The van der Waals surface area contributed by atoms with Crippen LogP contribution in [0.2, 0.25) is 0 Å². The van der Waals surface area contributed by atoms with E-state index in [0.29, 0.717) is 46.9 Å². The Morgan fingerprint density at radius 3 is 2.69 bits per heavy atom. The zero-order valence-electron chi connectivity index (χ0n) is 19.9. The maximum Gasteiger partial charge on any atom is 0.262 e. The molecule has 0 aromatic heterocycles. The third-order valence-corrected chi connectivity index (χ3v) is 5.99. The Hall–Kier alpha value is -4.25. The number of amides is 1. The summed E-state index contributed by atoms with van der Waals surface area (Å²) in [5.41, 5.74) is 7.73. The number of allylic oxidation sites excluding steroid dienone is 3. The molecule has 2 aromatic rings. The minimum atomic E-state index is -0.651. The van der Waals surface area contributed by atoms with Gasteiger partial charge in [0, 0.05) is 30.2 Å². The van der Waals surface area contributed by atoms with Gasteiger partial charge in [0.1, 0.15) is 28.9 Å². The van der Waals surface area contributed by atoms with E-state index < -0.39 is 5.92 Å². The summed E-state index contributed by atoms with van der Waals surface area (Å²) in [4.78, 5) is 25.5. The lowest BCUT2D eigenvalue weighted by molar-refractivity contribution is -0.119. The van der Waals surface area contributed by atoms with Gasteiger partial charge in [0.15, 0.2) is 12.4 Å². The van der Waals surface area contributed by atoms with Crippen molar-refractivity contribution in [2.75, 3.05) is 19.0 Å². The largest absolute Gasteiger partial charge is 0.497 e. The summed E-state index contributed by atoms with van der Waals surface area (Å²) in [5, 5.41) is 12.6. The third kappa shape index (κ3) is 5.14. The van der Waals surface area contributed by atoms with Crippen LogP contribution in [0.1, 0.15) is 38.2 Å². The highest BCUT2D eigenvalue weighted by atomic mass is 16.5. The molecule has 0 spiro atoms. The quantitative estimate of drug-likeness (QED) is 0.645. The fourth-order valence-electron chi connectivity index (χ4n) is 4.45. The van der Waals surface area contributed by atoms with Gasteiger partial charge >= 0.3 is 0 Å². The van der Waals surface area contributed by atoms with Gasteiger partial charge in [0.05, 0.1) is 13.0 Å². The zero-order valence-corrected chi connectivity index (χ0v) is 19.9. The van der Waals surface area contributed by atoms with E-state index in [1.54, 1.807) is 55.6 Å². The first-order chi connectivity index (χ1) is 16.7. The maximum atomic E-state index is 13.1. The Labute approximate surface area is 204 Å². The minimum Gasteiger partial charge on any atom is -0.497 e. The van der Waals surface area contributed by atoms with Gasteiger partial charge in [-0.25, -0.2) is 0 Å². The number of Topliss-reactive ketones (excluding diaryl/α,β-unsaturated/α-hetero) is 1. The molecule has 1 atom stereocenters. The summed E-state index contributed by atoms with van der Waals surface area (Å²) in [6.45, 7) is 3.77. The summed E-state index contributed by atoms with van der Waals surface area (Å²) in [5.74, 6) is 0.514. The van der Waals surface area contributed by atoms with E-state index in [0.717, 1.165) is 0 Å². The number of nitrogens with two attached hydrogens (primary N) is 1. The van der Waals surface area contributed by atoms with Crippen LogP contribution in [0, 0.1) is 16.7 Å². The Balaban J connectivity index is 1.55. The number of ether oxygens (including phenoxy) is 3. The van der Waals surface area contributed by atoms with E-state index in [2.05, 4.69) is 11.4 Å². The van der Waals surface area contributed by atoms with Gasteiger partial charge in [-0.1, -0.05) is 32.0 Å². The molecule has 4 rings (SSSR count). The predicted octanol–water partition coefficient (Wildman–Crippen LogP) is 4.16. The second kappa shape index (κ2) is 9.55. The van der Waals surface area contributed by atoms with Gasteiger partial charge in [0.2, 0.25) is 5.88 Å². The van der Waals surface area contributed by atoms with Crippen LogP contribution in [0.3, 0.4) is 0 Å². The van der Waals surface area contributed by atoms with Crippen molar-refractivity contribution in [1.29, 1.82) is 5.26 Å². The first-order valence-corrected chi connectivity index (χ1v) is 11.2. The normalized spacial score (nSPS) is 18.8. The summed E-state index contributed by atoms with van der Waals surface area (Å²) in [7, 11) is 1.55. The molecule has 1 heterocycles. The van der Waals surface area contributed by atoms with Crippen molar-refractivity contribution in [3.8, 4) is 17.6 Å². The predicted molar refractivity (Wildman–Crippen MR) is 129 cm³/mol. The molecule has 8 nitrogen and oxygen atoms in total. The highest BCUT2D eigenvalue weighted by Crippen LogP contribution is 2.48. The Morgan fingerprint density at radius 1 is 1.20 bits per heavy atom. The molecule has 0 radical (unpaired) electrons. The van der Waals surface area contributed by atoms with E-state index in [1.165, 1.54) is 0 Å². The Bertz CT molecular complexity index is 1290. The topological polar surface area (TPSA) is 124 Å².